The number of alkyl carbamates (subject to hydrolysis) is 1. The van der Waals surface area contributed by atoms with Gasteiger partial charge in [0.15, 0.2) is 0 Å². The summed E-state index contributed by atoms with van der Waals surface area (Å²) in [6.07, 6.45) is -1.87. The number of hydrogen-bond donors (Lipinski definition) is 7. The van der Waals surface area contributed by atoms with Crippen LogP contribution in [0, 0.1) is 11.8 Å². The highest BCUT2D eigenvalue weighted by Gasteiger charge is 2.38. The number of carbonyl (C=O) groups is 4. The van der Waals surface area contributed by atoms with Crippen molar-refractivity contribution >= 4 is 33.8 Å². The number of rotatable bonds is 22. The zero-order valence-electron chi connectivity index (χ0n) is 35.2. The summed E-state index contributed by atoms with van der Waals surface area (Å²) in [5.74, 6) is -1.89. The van der Waals surface area contributed by atoms with Crippen LogP contribution in [-0.4, -0.2) is 81.3 Å². The van der Waals surface area contributed by atoms with Gasteiger partial charge < -0.3 is 35.8 Å². The maximum absolute atomic E-state index is 14.4. The van der Waals surface area contributed by atoms with Crippen molar-refractivity contribution in [2.75, 3.05) is 13.7 Å². The summed E-state index contributed by atoms with van der Waals surface area (Å²) < 4.78 is 34.0. The van der Waals surface area contributed by atoms with Gasteiger partial charge in [-0.3, -0.25) is 19.7 Å². The lowest BCUT2D eigenvalue weighted by molar-refractivity contribution is -0.133. The van der Waals surface area contributed by atoms with E-state index < -0.39 is 70.0 Å². The van der Waals surface area contributed by atoms with E-state index in [1.165, 1.54) is 12.1 Å². The molecule has 8 N–H and O–H groups in total. The first-order chi connectivity index (χ1) is 29.0. The van der Waals surface area contributed by atoms with Crippen LogP contribution in [0.2, 0.25) is 0 Å². The highest BCUT2D eigenvalue weighted by Crippen LogP contribution is 2.16. The molecule has 0 aliphatic heterocycles. The average molecular weight is 859 g/mol. The lowest BCUT2D eigenvalue weighted by atomic mass is 9.93. The summed E-state index contributed by atoms with van der Waals surface area (Å²) in [5, 5.41) is 31.8. The molecule has 0 fully saturated rings. The van der Waals surface area contributed by atoms with E-state index in [4.69, 9.17) is 14.6 Å². The molecule has 5 atom stereocenters. The minimum Gasteiger partial charge on any atom is -0.497 e. The Morgan fingerprint density at radius 2 is 1.20 bits per heavy atom. The number of methoxy groups -OCH3 is 1. The first kappa shape index (κ1) is 47.9. The molecule has 4 rings (SSSR count). The van der Waals surface area contributed by atoms with E-state index in [0.29, 0.717) is 12.2 Å². The summed E-state index contributed by atoms with van der Waals surface area (Å²) >= 11 is 0. The van der Waals surface area contributed by atoms with Gasteiger partial charge in [0.1, 0.15) is 30.5 Å². The van der Waals surface area contributed by atoms with Crippen molar-refractivity contribution in [1.29, 1.82) is 0 Å². The molecular weight excluding hydrogens is 801 g/mol. The van der Waals surface area contributed by atoms with E-state index in [1.807, 2.05) is 60.7 Å². The minimum atomic E-state index is -3.85. The van der Waals surface area contributed by atoms with Gasteiger partial charge in [0.25, 0.3) is 0 Å². The van der Waals surface area contributed by atoms with E-state index in [9.17, 15) is 32.7 Å². The molecule has 4 amide bonds. The molecule has 0 spiro atoms. The fraction of sp³-hybridized carbons (Fsp3) is 0.378. The molecule has 4 aromatic rings. The summed E-state index contributed by atoms with van der Waals surface area (Å²) in [5.41, 5.74) is 3.06. The molecule has 0 aliphatic rings. The highest BCUT2D eigenvalue weighted by molar-refractivity contribution is 7.89. The lowest BCUT2D eigenvalue weighted by Gasteiger charge is -2.33. The van der Waals surface area contributed by atoms with E-state index in [1.54, 1.807) is 71.2 Å². The number of carbonyl (C=O) groups excluding carboxylic acids is 4. The molecule has 0 heterocycles. The van der Waals surface area contributed by atoms with Crippen LogP contribution >= 0.6 is 0 Å². The molecule has 16 heteroatoms. The van der Waals surface area contributed by atoms with Crippen LogP contribution in [0.15, 0.2) is 114 Å². The summed E-state index contributed by atoms with van der Waals surface area (Å²) in [4.78, 5) is 54.9. The number of benzene rings is 4. The summed E-state index contributed by atoms with van der Waals surface area (Å²) in [6.45, 7) is 7.38. The second kappa shape index (κ2) is 23.3. The third kappa shape index (κ3) is 15.3. The quantitative estimate of drug-likeness (QED) is 0.0610. The number of aliphatic hydroxyl groups excluding tert-OH is 1. The Morgan fingerprint density at radius 1 is 0.656 bits per heavy atom. The molecule has 0 radical (unpaired) electrons. The molecule has 61 heavy (non-hydrogen) atoms. The molecule has 15 nitrogen and oxygen atoms in total. The Balaban J connectivity index is 1.56. The Bertz CT molecular complexity index is 2120. The van der Waals surface area contributed by atoms with E-state index in [2.05, 4.69) is 26.6 Å². The number of primary sulfonamides is 1. The summed E-state index contributed by atoms with van der Waals surface area (Å²) in [7, 11) is -2.30. The second-order valence-corrected chi connectivity index (χ2v) is 17.0. The number of amides is 4. The van der Waals surface area contributed by atoms with Gasteiger partial charge in [0.05, 0.1) is 24.2 Å². The molecule has 328 valence electrons. The van der Waals surface area contributed by atoms with E-state index in [-0.39, 0.29) is 36.9 Å². The molecule has 0 aliphatic carbocycles. The number of hydrogen-bond acceptors (Lipinski definition) is 10. The predicted molar refractivity (Wildman–Crippen MR) is 231 cm³/mol. The third-order valence-corrected chi connectivity index (χ3v) is 10.9. The number of ether oxygens (including phenoxy) is 2. The van der Waals surface area contributed by atoms with Gasteiger partial charge in [-0.1, -0.05) is 113 Å². The van der Waals surface area contributed by atoms with Crippen LogP contribution < -0.4 is 36.5 Å². The van der Waals surface area contributed by atoms with Gasteiger partial charge >= 0.3 is 6.09 Å². The van der Waals surface area contributed by atoms with Crippen molar-refractivity contribution in [3.63, 3.8) is 0 Å². The molecule has 0 aromatic heterocycles. The average Bonchev–Trinajstić information content (AvgIpc) is 3.24. The van der Waals surface area contributed by atoms with Crippen LogP contribution in [-0.2, 0) is 55.1 Å². The molecule has 0 bridgehead atoms. The lowest BCUT2D eigenvalue weighted by Crippen LogP contribution is -2.63. The third-order valence-electron chi connectivity index (χ3n) is 9.99. The van der Waals surface area contributed by atoms with Gasteiger partial charge in [0, 0.05) is 13.1 Å². The van der Waals surface area contributed by atoms with Crippen molar-refractivity contribution in [2.24, 2.45) is 17.0 Å². The van der Waals surface area contributed by atoms with Gasteiger partial charge in [-0.05, 0) is 71.2 Å². The normalized spacial score (nSPS) is 13.9. The van der Waals surface area contributed by atoms with Crippen molar-refractivity contribution in [2.45, 2.75) is 88.9 Å². The Kier molecular flexibility index (Phi) is 18.2. The first-order valence-electron chi connectivity index (χ1n) is 20.1. The van der Waals surface area contributed by atoms with Crippen LogP contribution in [0.4, 0.5) is 4.79 Å². The van der Waals surface area contributed by atoms with Crippen molar-refractivity contribution in [3.8, 4) is 5.75 Å². The predicted octanol–water partition coefficient (Wildman–Crippen LogP) is 3.34. The molecule has 0 saturated carbocycles. The SMILES string of the molecule is COc1ccc(CN[C@@H](C(=O)N[C@H](C(=O)NCCc2ccc(S(N)(=O)=O)cc2)C(C)C)[C@H](O)[C@H](Cc2ccccc2)NC(=O)[C@@H](NC(=O)OCc2ccccc2)C(C)C)cc1. The molecule has 4 aromatic carbocycles. The highest BCUT2D eigenvalue weighted by atomic mass is 32.2. The molecule has 0 unspecified atom stereocenters. The van der Waals surface area contributed by atoms with Crippen LogP contribution in [0.3, 0.4) is 0 Å². The van der Waals surface area contributed by atoms with Gasteiger partial charge in [-0.15, -0.1) is 0 Å². The minimum absolute atomic E-state index is 0.00220. The smallest absolute Gasteiger partial charge is 0.408 e. The van der Waals surface area contributed by atoms with Gasteiger partial charge in [0.2, 0.25) is 27.7 Å². The van der Waals surface area contributed by atoms with Crippen molar-refractivity contribution in [3.05, 3.63) is 131 Å². The number of sulfonamides is 1. The van der Waals surface area contributed by atoms with Gasteiger partial charge in [-0.25, -0.2) is 18.4 Å². The first-order valence-corrected chi connectivity index (χ1v) is 21.7. The van der Waals surface area contributed by atoms with Crippen molar-refractivity contribution in [1.82, 2.24) is 26.6 Å². The fourth-order valence-corrected chi connectivity index (χ4v) is 6.98. The molecule has 0 saturated heterocycles. The Labute approximate surface area is 358 Å². The second-order valence-electron chi connectivity index (χ2n) is 15.4. The largest absolute Gasteiger partial charge is 0.497 e. The number of nitrogens with two attached hydrogens (primary N) is 1. The Morgan fingerprint density at radius 3 is 1.75 bits per heavy atom. The van der Waals surface area contributed by atoms with Crippen LogP contribution in [0.1, 0.15) is 49.9 Å². The van der Waals surface area contributed by atoms with E-state index >= 15 is 0 Å². The van der Waals surface area contributed by atoms with Gasteiger partial charge in [-0.2, -0.15) is 0 Å². The zero-order chi connectivity index (χ0) is 44.5. The van der Waals surface area contributed by atoms with Crippen LogP contribution in [0.5, 0.6) is 5.75 Å². The topological polar surface area (TPSA) is 227 Å². The van der Waals surface area contributed by atoms with Crippen molar-refractivity contribution < 1.29 is 42.2 Å². The number of nitrogens with one attached hydrogen (secondary N) is 5. The zero-order valence-corrected chi connectivity index (χ0v) is 36.0. The fourth-order valence-electron chi connectivity index (χ4n) is 6.46. The maximum Gasteiger partial charge on any atom is 0.408 e. The number of aliphatic hydroxyl groups is 1. The van der Waals surface area contributed by atoms with Crippen LogP contribution in [0.25, 0.3) is 0 Å². The van der Waals surface area contributed by atoms with E-state index in [0.717, 1.165) is 22.3 Å². The maximum atomic E-state index is 14.4. The standard InChI is InChI=1S/C45H58N6O9S/c1-29(2)38(42(53)47-25-24-31-18-22-36(23-19-31)61(46,57)58)50-44(55)40(48-27-33-16-20-35(59-5)21-17-33)41(52)37(26-32-12-8-6-9-13-32)49-43(54)39(30(3)4)51-45(56)60-28-34-14-10-7-11-15-34/h6-23,29-30,37-41,48,52H,24-28H2,1-5H3,(H,47,53)(H,49,54)(H,50,55)(H,51,56)(H2,46,57,58)/t37-,38-,39-,40+,41+/m0/s1. The monoisotopic (exact) mass is 858 g/mol. The molecular formula is C45H58N6O9S. The summed E-state index contributed by atoms with van der Waals surface area (Å²) in [6, 6.07) is 26.9. The Hall–Kier alpha value is -5.81.